The molecule has 0 fully saturated rings. The van der Waals surface area contributed by atoms with Gasteiger partial charge in [-0.15, -0.1) is 0 Å². The van der Waals surface area contributed by atoms with E-state index < -0.39 is 0 Å². The van der Waals surface area contributed by atoms with Crippen LogP contribution in [0.4, 0.5) is 0 Å². The molecule has 0 saturated heterocycles. The summed E-state index contributed by atoms with van der Waals surface area (Å²) >= 11 is 5.34. The van der Waals surface area contributed by atoms with E-state index in [1.54, 1.807) is 12.4 Å². The van der Waals surface area contributed by atoms with Crippen LogP contribution in [-0.2, 0) is 6.54 Å². The van der Waals surface area contributed by atoms with Crippen molar-refractivity contribution in [2.24, 2.45) is 11.3 Å². The summed E-state index contributed by atoms with van der Waals surface area (Å²) in [5.41, 5.74) is 1.27. The third-order valence-corrected chi connectivity index (χ3v) is 3.94. The van der Waals surface area contributed by atoms with Crippen LogP contribution in [0.1, 0.15) is 27.7 Å². The highest BCUT2D eigenvalue weighted by Crippen LogP contribution is 2.28. The molecule has 0 aliphatic heterocycles. The van der Waals surface area contributed by atoms with Crippen LogP contribution in [0.5, 0.6) is 0 Å². The van der Waals surface area contributed by atoms with Crippen LogP contribution in [0.2, 0.25) is 0 Å². The molecule has 2 rings (SSSR count). The molecule has 102 valence electrons. The van der Waals surface area contributed by atoms with Crippen LogP contribution in [0.3, 0.4) is 0 Å². The average molecular weight is 276 g/mol. The number of aromatic amines is 1. The second-order valence-corrected chi connectivity index (χ2v) is 6.35. The van der Waals surface area contributed by atoms with Crippen LogP contribution in [-0.4, -0.2) is 19.7 Å². The summed E-state index contributed by atoms with van der Waals surface area (Å²) in [6.07, 6.45) is 3.54. The largest absolute Gasteiger partial charge is 0.300 e. The van der Waals surface area contributed by atoms with Crippen molar-refractivity contribution in [3.63, 3.8) is 0 Å². The molecule has 1 unspecified atom stereocenters. The molecule has 0 aliphatic rings. The third kappa shape index (κ3) is 3.10. The molecule has 1 N–H and O–H groups in total. The molecule has 0 amide bonds. The molecule has 0 radical (unpaired) electrons. The van der Waals surface area contributed by atoms with E-state index >= 15 is 0 Å². The van der Waals surface area contributed by atoms with Crippen molar-refractivity contribution in [3.05, 3.63) is 29.3 Å². The topological polar surface area (TPSA) is 46.5 Å². The Balaban J connectivity index is 2.37. The standard InChI is InChI=1S/C14H20N4S/c1-10(14(2,3)4)9-18-12(16-17-13(18)19)11-5-7-15-8-6-11/h5-8,10H,9H2,1-4H3,(H,17,19). The zero-order valence-corrected chi connectivity index (χ0v) is 12.7. The molecule has 2 aromatic heterocycles. The van der Waals surface area contributed by atoms with Gasteiger partial charge in [-0.25, -0.2) is 0 Å². The second-order valence-electron chi connectivity index (χ2n) is 5.97. The van der Waals surface area contributed by atoms with Gasteiger partial charge < -0.3 is 0 Å². The first-order valence-corrected chi connectivity index (χ1v) is 6.86. The lowest BCUT2D eigenvalue weighted by molar-refractivity contribution is 0.232. The minimum atomic E-state index is 0.238. The molecular weight excluding hydrogens is 256 g/mol. The van der Waals surface area contributed by atoms with Crippen LogP contribution in [0.15, 0.2) is 24.5 Å². The fourth-order valence-electron chi connectivity index (χ4n) is 1.76. The summed E-state index contributed by atoms with van der Waals surface area (Å²) in [7, 11) is 0. The highest BCUT2D eigenvalue weighted by Gasteiger charge is 2.22. The van der Waals surface area contributed by atoms with E-state index in [0.29, 0.717) is 10.7 Å². The average Bonchev–Trinajstić information content (AvgIpc) is 2.71. The molecular formula is C14H20N4S. The van der Waals surface area contributed by atoms with Gasteiger partial charge in [0.15, 0.2) is 10.6 Å². The van der Waals surface area contributed by atoms with E-state index in [1.165, 1.54) is 0 Å². The van der Waals surface area contributed by atoms with Crippen molar-refractivity contribution in [1.29, 1.82) is 0 Å². The Labute approximate surface area is 118 Å². The molecule has 0 aromatic carbocycles. The molecule has 0 bridgehead atoms. The fourth-order valence-corrected chi connectivity index (χ4v) is 1.96. The van der Waals surface area contributed by atoms with Gasteiger partial charge in [-0.3, -0.25) is 14.6 Å². The van der Waals surface area contributed by atoms with Crippen LogP contribution in [0, 0.1) is 16.1 Å². The molecule has 0 aliphatic carbocycles. The van der Waals surface area contributed by atoms with Gasteiger partial charge in [0.05, 0.1) is 0 Å². The van der Waals surface area contributed by atoms with Crippen LogP contribution >= 0.6 is 12.2 Å². The Hall–Kier alpha value is -1.49. The number of hydrogen-bond donors (Lipinski definition) is 1. The fraction of sp³-hybridized carbons (Fsp3) is 0.500. The smallest absolute Gasteiger partial charge is 0.195 e. The van der Waals surface area contributed by atoms with Crippen molar-refractivity contribution in [2.45, 2.75) is 34.2 Å². The van der Waals surface area contributed by atoms with Crippen molar-refractivity contribution >= 4 is 12.2 Å². The number of H-pyrrole nitrogens is 1. The SMILES string of the molecule is CC(Cn1c(-c2ccncc2)n[nH]c1=S)C(C)(C)C. The minimum absolute atomic E-state index is 0.238. The molecule has 5 heteroatoms. The van der Waals surface area contributed by atoms with Gasteiger partial charge >= 0.3 is 0 Å². The summed E-state index contributed by atoms with van der Waals surface area (Å²) in [6.45, 7) is 9.83. The number of nitrogens with one attached hydrogen (secondary N) is 1. The minimum Gasteiger partial charge on any atom is -0.300 e. The first-order chi connectivity index (χ1) is 8.89. The first kappa shape index (κ1) is 13.9. The first-order valence-electron chi connectivity index (χ1n) is 6.45. The summed E-state index contributed by atoms with van der Waals surface area (Å²) in [4.78, 5) is 4.03. The zero-order valence-electron chi connectivity index (χ0n) is 11.8. The second kappa shape index (κ2) is 5.25. The number of nitrogens with zero attached hydrogens (tertiary/aromatic N) is 3. The molecule has 4 nitrogen and oxygen atoms in total. The highest BCUT2D eigenvalue weighted by atomic mass is 32.1. The van der Waals surface area contributed by atoms with E-state index in [2.05, 4.69) is 47.4 Å². The van der Waals surface area contributed by atoms with Crippen LogP contribution in [0.25, 0.3) is 11.4 Å². The van der Waals surface area contributed by atoms with Gasteiger partial charge in [-0.1, -0.05) is 27.7 Å². The Morgan fingerprint density at radius 1 is 1.32 bits per heavy atom. The third-order valence-electron chi connectivity index (χ3n) is 3.63. The summed E-state index contributed by atoms with van der Waals surface area (Å²) < 4.78 is 2.74. The van der Waals surface area contributed by atoms with Crippen molar-refractivity contribution < 1.29 is 0 Å². The Morgan fingerprint density at radius 3 is 2.53 bits per heavy atom. The lowest BCUT2D eigenvalue weighted by atomic mass is 9.82. The van der Waals surface area contributed by atoms with Crippen molar-refractivity contribution in [2.75, 3.05) is 0 Å². The van der Waals surface area contributed by atoms with Gasteiger partial charge in [0, 0.05) is 24.5 Å². The maximum atomic E-state index is 5.34. The molecule has 2 heterocycles. The molecule has 0 spiro atoms. The normalized spacial score (nSPS) is 13.5. The van der Waals surface area contributed by atoms with E-state index in [-0.39, 0.29) is 5.41 Å². The van der Waals surface area contributed by atoms with Gasteiger partial charge in [-0.2, -0.15) is 5.10 Å². The molecule has 19 heavy (non-hydrogen) atoms. The number of hydrogen-bond acceptors (Lipinski definition) is 3. The molecule has 1 atom stereocenters. The molecule has 2 aromatic rings. The van der Waals surface area contributed by atoms with E-state index in [1.807, 2.05) is 12.1 Å². The molecule has 0 saturated carbocycles. The number of aromatic nitrogens is 4. The van der Waals surface area contributed by atoms with Crippen molar-refractivity contribution in [3.8, 4) is 11.4 Å². The number of pyridine rings is 1. The zero-order chi connectivity index (χ0) is 14.0. The van der Waals surface area contributed by atoms with Crippen LogP contribution < -0.4 is 0 Å². The van der Waals surface area contributed by atoms with E-state index in [0.717, 1.165) is 17.9 Å². The van der Waals surface area contributed by atoms with Gasteiger partial charge in [-0.05, 0) is 35.7 Å². The lowest BCUT2D eigenvalue weighted by Gasteiger charge is -2.27. The highest BCUT2D eigenvalue weighted by molar-refractivity contribution is 7.71. The van der Waals surface area contributed by atoms with Gasteiger partial charge in [0.25, 0.3) is 0 Å². The van der Waals surface area contributed by atoms with Gasteiger partial charge in [0.2, 0.25) is 0 Å². The van der Waals surface area contributed by atoms with Crippen molar-refractivity contribution in [1.82, 2.24) is 19.7 Å². The Kier molecular flexibility index (Phi) is 3.85. The maximum absolute atomic E-state index is 5.34. The monoisotopic (exact) mass is 276 g/mol. The number of rotatable bonds is 3. The van der Waals surface area contributed by atoms with Gasteiger partial charge in [0.1, 0.15) is 0 Å². The lowest BCUT2D eigenvalue weighted by Crippen LogP contribution is -2.22. The summed E-state index contributed by atoms with van der Waals surface area (Å²) in [5, 5.41) is 7.23. The summed E-state index contributed by atoms with van der Waals surface area (Å²) in [5.74, 6) is 1.38. The Morgan fingerprint density at radius 2 is 1.95 bits per heavy atom. The van der Waals surface area contributed by atoms with E-state index in [9.17, 15) is 0 Å². The predicted octanol–water partition coefficient (Wildman–Crippen LogP) is 3.68. The maximum Gasteiger partial charge on any atom is 0.195 e. The quantitative estimate of drug-likeness (QED) is 0.870. The summed E-state index contributed by atoms with van der Waals surface area (Å²) in [6, 6.07) is 3.90. The van der Waals surface area contributed by atoms with E-state index in [4.69, 9.17) is 12.2 Å². The Bertz CT molecular complexity index is 592. The predicted molar refractivity (Wildman–Crippen MR) is 79.3 cm³/mol.